The Morgan fingerprint density at radius 1 is 1.29 bits per heavy atom. The minimum Gasteiger partial charge on any atom is -0.396 e. The van der Waals surface area contributed by atoms with E-state index in [-0.39, 0.29) is 6.61 Å². The molecule has 0 saturated heterocycles. The first kappa shape index (κ1) is 9.37. The van der Waals surface area contributed by atoms with Crippen molar-refractivity contribution in [3.8, 4) is 10.6 Å². The second-order valence-corrected chi connectivity index (χ2v) is 3.86. The molecule has 0 aliphatic heterocycles. The van der Waals surface area contributed by atoms with E-state index in [1.54, 1.807) is 17.5 Å². The molecule has 0 radical (unpaired) electrons. The summed E-state index contributed by atoms with van der Waals surface area (Å²) in [6.07, 6.45) is 2.49. The first-order valence-electron chi connectivity index (χ1n) is 4.50. The Morgan fingerprint density at radius 3 is 2.86 bits per heavy atom. The number of aromatic nitrogens is 1. The molecule has 0 fully saturated rings. The third-order valence-corrected chi connectivity index (χ3v) is 2.87. The summed E-state index contributed by atoms with van der Waals surface area (Å²) in [5, 5.41) is 11.9. The van der Waals surface area contributed by atoms with Gasteiger partial charge in [0.1, 0.15) is 5.01 Å². The first-order chi connectivity index (χ1) is 6.92. The van der Waals surface area contributed by atoms with Gasteiger partial charge in [0, 0.05) is 23.7 Å². The molecule has 1 aromatic heterocycles. The quantitative estimate of drug-likeness (QED) is 0.834. The Balaban J connectivity index is 2.42. The number of aliphatic hydroxyl groups excluding tert-OH is 1. The van der Waals surface area contributed by atoms with Crippen LogP contribution < -0.4 is 0 Å². The largest absolute Gasteiger partial charge is 0.396 e. The molecule has 72 valence electrons. The van der Waals surface area contributed by atoms with E-state index in [4.69, 9.17) is 5.11 Å². The molecule has 1 aromatic carbocycles. The summed E-state index contributed by atoms with van der Waals surface area (Å²) < 4.78 is 0. The van der Waals surface area contributed by atoms with Crippen molar-refractivity contribution in [3.63, 3.8) is 0 Å². The number of hydrogen-bond donors (Lipinski definition) is 1. The Bertz CT molecular complexity index is 397. The van der Waals surface area contributed by atoms with Crippen LogP contribution in [0.4, 0.5) is 0 Å². The van der Waals surface area contributed by atoms with Crippen LogP contribution in [0.5, 0.6) is 0 Å². The minimum atomic E-state index is 0.183. The number of benzene rings is 1. The Morgan fingerprint density at radius 2 is 2.14 bits per heavy atom. The zero-order valence-corrected chi connectivity index (χ0v) is 8.50. The van der Waals surface area contributed by atoms with Crippen LogP contribution in [-0.2, 0) is 6.42 Å². The van der Waals surface area contributed by atoms with Gasteiger partial charge in [-0.3, -0.25) is 0 Å². The van der Waals surface area contributed by atoms with Crippen molar-refractivity contribution < 1.29 is 5.11 Å². The average Bonchev–Trinajstić information content (AvgIpc) is 2.72. The maximum absolute atomic E-state index is 8.92. The fraction of sp³-hybridized carbons (Fsp3) is 0.182. The van der Waals surface area contributed by atoms with Gasteiger partial charge in [0.15, 0.2) is 0 Å². The fourth-order valence-corrected chi connectivity index (χ4v) is 2.12. The fourth-order valence-electron chi connectivity index (χ4n) is 1.42. The molecular formula is C11H11NOS. The SMILES string of the molecule is OCCc1ccccc1-c1nccs1. The molecule has 0 atom stereocenters. The molecular weight excluding hydrogens is 194 g/mol. The van der Waals surface area contributed by atoms with Crippen LogP contribution in [0.3, 0.4) is 0 Å². The molecule has 2 aromatic rings. The third kappa shape index (κ3) is 1.84. The Kier molecular flexibility index (Phi) is 2.91. The highest BCUT2D eigenvalue weighted by Crippen LogP contribution is 2.25. The smallest absolute Gasteiger partial charge is 0.123 e. The summed E-state index contributed by atoms with van der Waals surface area (Å²) in [6, 6.07) is 8.07. The Labute approximate surface area is 86.9 Å². The monoisotopic (exact) mass is 205 g/mol. The van der Waals surface area contributed by atoms with E-state index in [9.17, 15) is 0 Å². The number of thiazole rings is 1. The lowest BCUT2D eigenvalue weighted by molar-refractivity contribution is 0.300. The van der Waals surface area contributed by atoms with Crippen molar-refractivity contribution >= 4 is 11.3 Å². The van der Waals surface area contributed by atoms with Crippen molar-refractivity contribution in [1.82, 2.24) is 4.98 Å². The van der Waals surface area contributed by atoms with Crippen molar-refractivity contribution in [1.29, 1.82) is 0 Å². The second-order valence-electron chi connectivity index (χ2n) is 2.97. The van der Waals surface area contributed by atoms with Crippen molar-refractivity contribution in [2.24, 2.45) is 0 Å². The van der Waals surface area contributed by atoms with Crippen LogP contribution in [0.25, 0.3) is 10.6 Å². The number of aliphatic hydroxyl groups is 1. The topological polar surface area (TPSA) is 33.1 Å². The molecule has 14 heavy (non-hydrogen) atoms. The van der Waals surface area contributed by atoms with Gasteiger partial charge in [0.2, 0.25) is 0 Å². The number of rotatable bonds is 3. The van der Waals surface area contributed by atoms with Gasteiger partial charge in [-0.25, -0.2) is 4.98 Å². The Hall–Kier alpha value is -1.19. The molecule has 1 heterocycles. The van der Waals surface area contributed by atoms with Gasteiger partial charge in [0.05, 0.1) is 0 Å². The maximum atomic E-state index is 8.92. The molecule has 0 bridgehead atoms. The highest BCUT2D eigenvalue weighted by molar-refractivity contribution is 7.13. The summed E-state index contributed by atoms with van der Waals surface area (Å²) in [6.45, 7) is 0.183. The third-order valence-electron chi connectivity index (χ3n) is 2.06. The van der Waals surface area contributed by atoms with Crippen LogP contribution >= 0.6 is 11.3 Å². The molecule has 0 amide bonds. The summed E-state index contributed by atoms with van der Waals surface area (Å²) in [4.78, 5) is 4.27. The van der Waals surface area contributed by atoms with Gasteiger partial charge in [0.25, 0.3) is 0 Å². The van der Waals surface area contributed by atoms with Crippen LogP contribution in [0.15, 0.2) is 35.8 Å². The van der Waals surface area contributed by atoms with Gasteiger partial charge in [-0.1, -0.05) is 24.3 Å². The highest BCUT2D eigenvalue weighted by atomic mass is 32.1. The molecule has 0 aliphatic carbocycles. The molecule has 0 unspecified atom stereocenters. The average molecular weight is 205 g/mol. The molecule has 3 heteroatoms. The predicted octanol–water partition coefficient (Wildman–Crippen LogP) is 2.34. The van der Waals surface area contributed by atoms with Crippen molar-refractivity contribution in [3.05, 3.63) is 41.4 Å². The van der Waals surface area contributed by atoms with Gasteiger partial charge < -0.3 is 5.11 Å². The summed E-state index contributed by atoms with van der Waals surface area (Å²) in [5.74, 6) is 0. The van der Waals surface area contributed by atoms with Gasteiger partial charge in [-0.05, 0) is 12.0 Å². The summed E-state index contributed by atoms with van der Waals surface area (Å²) in [5.41, 5.74) is 2.29. The van der Waals surface area contributed by atoms with E-state index in [2.05, 4.69) is 4.98 Å². The van der Waals surface area contributed by atoms with E-state index in [0.29, 0.717) is 6.42 Å². The summed E-state index contributed by atoms with van der Waals surface area (Å²) >= 11 is 1.62. The number of hydrogen-bond acceptors (Lipinski definition) is 3. The van der Waals surface area contributed by atoms with Crippen LogP contribution in [0.2, 0.25) is 0 Å². The molecule has 0 aliphatic rings. The number of nitrogens with zero attached hydrogens (tertiary/aromatic N) is 1. The normalized spacial score (nSPS) is 10.4. The molecule has 0 saturated carbocycles. The zero-order valence-electron chi connectivity index (χ0n) is 7.68. The molecule has 2 nitrogen and oxygen atoms in total. The lowest BCUT2D eigenvalue weighted by atomic mass is 10.1. The van der Waals surface area contributed by atoms with Crippen molar-refractivity contribution in [2.75, 3.05) is 6.61 Å². The lowest BCUT2D eigenvalue weighted by Gasteiger charge is -2.04. The van der Waals surface area contributed by atoms with Gasteiger partial charge >= 0.3 is 0 Å². The lowest BCUT2D eigenvalue weighted by Crippen LogP contribution is -1.93. The summed E-state index contributed by atoms with van der Waals surface area (Å²) in [7, 11) is 0. The first-order valence-corrected chi connectivity index (χ1v) is 5.38. The van der Waals surface area contributed by atoms with Crippen LogP contribution in [0, 0.1) is 0 Å². The molecule has 1 N–H and O–H groups in total. The molecule has 2 rings (SSSR count). The van der Waals surface area contributed by atoms with E-state index in [1.165, 1.54) is 0 Å². The van der Waals surface area contributed by atoms with E-state index >= 15 is 0 Å². The molecule has 0 spiro atoms. The highest BCUT2D eigenvalue weighted by Gasteiger charge is 2.05. The van der Waals surface area contributed by atoms with E-state index < -0.39 is 0 Å². The van der Waals surface area contributed by atoms with Crippen LogP contribution in [0.1, 0.15) is 5.56 Å². The van der Waals surface area contributed by atoms with Crippen molar-refractivity contribution in [2.45, 2.75) is 6.42 Å². The van der Waals surface area contributed by atoms with Gasteiger partial charge in [-0.2, -0.15) is 0 Å². The zero-order chi connectivity index (χ0) is 9.80. The standard InChI is InChI=1S/C11H11NOS/c13-7-5-9-3-1-2-4-10(9)11-12-6-8-14-11/h1-4,6,8,13H,5,7H2. The van der Waals surface area contributed by atoms with Crippen LogP contribution in [-0.4, -0.2) is 16.7 Å². The van der Waals surface area contributed by atoms with E-state index in [0.717, 1.165) is 16.1 Å². The second kappa shape index (κ2) is 4.35. The van der Waals surface area contributed by atoms with Gasteiger partial charge in [-0.15, -0.1) is 11.3 Å². The minimum absolute atomic E-state index is 0.183. The van der Waals surface area contributed by atoms with E-state index in [1.807, 2.05) is 29.6 Å². The predicted molar refractivity (Wildman–Crippen MR) is 58.3 cm³/mol. The maximum Gasteiger partial charge on any atom is 0.123 e.